The predicted molar refractivity (Wildman–Crippen MR) is 121 cm³/mol. The lowest BCUT2D eigenvalue weighted by molar-refractivity contribution is -0.119. The summed E-state index contributed by atoms with van der Waals surface area (Å²) in [5.74, 6) is 0.320. The molecule has 32 heavy (non-hydrogen) atoms. The molecule has 2 aliphatic heterocycles. The van der Waals surface area contributed by atoms with Crippen molar-refractivity contribution in [3.05, 3.63) is 54.2 Å². The molecule has 1 aromatic heterocycles. The third-order valence-corrected chi connectivity index (χ3v) is 6.17. The number of ether oxygens (including phenoxy) is 1. The van der Waals surface area contributed by atoms with Crippen molar-refractivity contribution in [3.63, 3.8) is 0 Å². The molecule has 8 heteroatoms. The number of nitrogens with zero attached hydrogens (tertiary/aromatic N) is 2. The highest BCUT2D eigenvalue weighted by atomic mass is 16.5. The van der Waals surface area contributed by atoms with Gasteiger partial charge in [-0.15, -0.1) is 0 Å². The van der Waals surface area contributed by atoms with Crippen LogP contribution in [-0.4, -0.2) is 46.9 Å². The smallest absolute Gasteiger partial charge is 0.256 e. The van der Waals surface area contributed by atoms with E-state index in [1.165, 1.54) is 0 Å². The van der Waals surface area contributed by atoms with Crippen LogP contribution in [0.3, 0.4) is 0 Å². The second-order valence-corrected chi connectivity index (χ2v) is 8.14. The third-order valence-electron chi connectivity index (χ3n) is 6.17. The average Bonchev–Trinajstić information content (AvgIpc) is 3.43. The minimum absolute atomic E-state index is 0.149. The number of aromatic nitrogens is 1. The molecule has 0 aliphatic carbocycles. The number of hydrogen-bond acceptors (Lipinski definition) is 4. The normalized spacial score (nSPS) is 17.5. The summed E-state index contributed by atoms with van der Waals surface area (Å²) in [7, 11) is 1.63. The van der Waals surface area contributed by atoms with Gasteiger partial charge in [-0.2, -0.15) is 0 Å². The first kappa shape index (κ1) is 20.1. The van der Waals surface area contributed by atoms with Crippen molar-refractivity contribution in [2.45, 2.75) is 31.8 Å². The van der Waals surface area contributed by atoms with E-state index in [9.17, 15) is 14.4 Å². The standard InChI is InChI=1S/C24H24N4O4/c1-32-17-5-7-20-15(13-17)8-11-27(20)12-9-22(29)25-16-4-6-19-18(14-16)24(31)28-10-2-3-21(28)23(30)26-19/h4-8,11,13-14,21H,2-3,9-10,12H2,1H3,(H,25,29)(H,26,30)/t21-/m0/s1. The first-order valence-electron chi connectivity index (χ1n) is 10.7. The van der Waals surface area contributed by atoms with Crippen LogP contribution in [-0.2, 0) is 16.1 Å². The molecule has 2 N–H and O–H groups in total. The number of rotatable bonds is 5. The fraction of sp³-hybridized carbons (Fsp3) is 0.292. The Hall–Kier alpha value is -3.81. The molecule has 1 fully saturated rings. The molecule has 0 unspecified atom stereocenters. The zero-order valence-electron chi connectivity index (χ0n) is 17.8. The SMILES string of the molecule is COc1ccc2c(ccn2CCC(=O)Nc2ccc3c(c2)C(=O)N2CCC[C@H]2C(=O)N3)c1. The maximum atomic E-state index is 13.0. The lowest BCUT2D eigenvalue weighted by atomic mass is 10.1. The van der Waals surface area contributed by atoms with Gasteiger partial charge in [-0.1, -0.05) is 0 Å². The van der Waals surface area contributed by atoms with Crippen molar-refractivity contribution in [3.8, 4) is 5.75 Å². The van der Waals surface area contributed by atoms with Crippen LogP contribution in [0, 0.1) is 0 Å². The molecule has 0 bridgehead atoms. The molecule has 164 valence electrons. The van der Waals surface area contributed by atoms with Crippen LogP contribution in [0.2, 0.25) is 0 Å². The lowest BCUT2D eigenvalue weighted by Gasteiger charge is -2.20. The van der Waals surface area contributed by atoms with E-state index in [4.69, 9.17) is 4.74 Å². The van der Waals surface area contributed by atoms with Gasteiger partial charge in [0.15, 0.2) is 0 Å². The summed E-state index contributed by atoms with van der Waals surface area (Å²) in [6.45, 7) is 1.10. The fourth-order valence-electron chi connectivity index (χ4n) is 4.51. The lowest BCUT2D eigenvalue weighted by Crippen LogP contribution is -2.40. The summed E-state index contributed by atoms with van der Waals surface area (Å²) < 4.78 is 7.28. The van der Waals surface area contributed by atoms with Crippen LogP contribution in [0.4, 0.5) is 11.4 Å². The molecule has 2 aromatic carbocycles. The Balaban J connectivity index is 1.28. The minimum Gasteiger partial charge on any atom is -0.497 e. The maximum absolute atomic E-state index is 13.0. The van der Waals surface area contributed by atoms with Crippen molar-refractivity contribution in [2.24, 2.45) is 0 Å². The van der Waals surface area contributed by atoms with E-state index in [1.807, 2.05) is 35.0 Å². The number of carbonyl (C=O) groups excluding carboxylic acids is 3. The molecule has 1 atom stereocenters. The van der Waals surface area contributed by atoms with Gasteiger partial charge < -0.3 is 24.8 Å². The van der Waals surface area contributed by atoms with Gasteiger partial charge in [-0.05, 0) is 55.3 Å². The van der Waals surface area contributed by atoms with E-state index in [-0.39, 0.29) is 24.1 Å². The molecule has 0 radical (unpaired) electrons. The number of methoxy groups -OCH3 is 1. The van der Waals surface area contributed by atoms with Crippen molar-refractivity contribution in [1.29, 1.82) is 0 Å². The molecular formula is C24H24N4O4. The number of benzene rings is 2. The van der Waals surface area contributed by atoms with Gasteiger partial charge in [-0.3, -0.25) is 14.4 Å². The number of hydrogen-bond donors (Lipinski definition) is 2. The van der Waals surface area contributed by atoms with E-state index in [0.717, 1.165) is 23.1 Å². The molecular weight excluding hydrogens is 408 g/mol. The van der Waals surface area contributed by atoms with Gasteiger partial charge in [0, 0.05) is 42.3 Å². The van der Waals surface area contributed by atoms with Gasteiger partial charge in [0.05, 0.1) is 18.4 Å². The predicted octanol–water partition coefficient (Wildman–Crippen LogP) is 3.24. The van der Waals surface area contributed by atoms with Gasteiger partial charge in [0.25, 0.3) is 5.91 Å². The first-order chi connectivity index (χ1) is 15.5. The Kier molecular flexibility index (Phi) is 5.05. The summed E-state index contributed by atoms with van der Waals surface area (Å²) >= 11 is 0. The number of nitrogens with one attached hydrogen (secondary N) is 2. The minimum atomic E-state index is -0.413. The van der Waals surface area contributed by atoms with Crippen LogP contribution in [0.15, 0.2) is 48.7 Å². The average molecular weight is 432 g/mol. The second-order valence-electron chi connectivity index (χ2n) is 8.14. The monoisotopic (exact) mass is 432 g/mol. The zero-order valence-corrected chi connectivity index (χ0v) is 17.8. The van der Waals surface area contributed by atoms with Crippen molar-refractivity contribution in [2.75, 3.05) is 24.3 Å². The summed E-state index contributed by atoms with van der Waals surface area (Å²) in [6.07, 6.45) is 3.73. The van der Waals surface area contributed by atoms with Gasteiger partial charge >= 0.3 is 0 Å². The highest BCUT2D eigenvalue weighted by Crippen LogP contribution is 2.30. The van der Waals surface area contributed by atoms with Gasteiger partial charge in [-0.25, -0.2) is 0 Å². The Bertz CT molecular complexity index is 1230. The van der Waals surface area contributed by atoms with Crippen LogP contribution in [0.5, 0.6) is 5.75 Å². The van der Waals surface area contributed by atoms with E-state index in [1.54, 1.807) is 30.2 Å². The van der Waals surface area contributed by atoms with E-state index < -0.39 is 6.04 Å². The first-order valence-corrected chi connectivity index (χ1v) is 10.7. The highest BCUT2D eigenvalue weighted by molar-refractivity contribution is 6.11. The van der Waals surface area contributed by atoms with Crippen molar-refractivity contribution in [1.82, 2.24) is 9.47 Å². The Morgan fingerprint density at radius 3 is 2.91 bits per heavy atom. The summed E-state index contributed by atoms with van der Waals surface area (Å²) in [6, 6.07) is 12.4. The molecule has 0 spiro atoms. The van der Waals surface area contributed by atoms with Crippen LogP contribution >= 0.6 is 0 Å². The third kappa shape index (κ3) is 3.57. The molecule has 3 heterocycles. The summed E-state index contributed by atoms with van der Waals surface area (Å²) in [4.78, 5) is 39.6. The highest BCUT2D eigenvalue weighted by Gasteiger charge is 2.38. The number of anilines is 2. The Morgan fingerprint density at radius 2 is 2.06 bits per heavy atom. The molecule has 3 aromatic rings. The number of aryl methyl sites for hydroxylation is 1. The number of amides is 3. The topological polar surface area (TPSA) is 92.7 Å². The molecule has 1 saturated heterocycles. The Morgan fingerprint density at radius 1 is 1.19 bits per heavy atom. The quantitative estimate of drug-likeness (QED) is 0.647. The van der Waals surface area contributed by atoms with E-state index in [0.29, 0.717) is 36.4 Å². The molecule has 2 aliphatic rings. The molecule has 5 rings (SSSR count). The zero-order chi connectivity index (χ0) is 22.2. The number of fused-ring (bicyclic) bond motifs is 3. The molecule has 3 amide bonds. The fourth-order valence-corrected chi connectivity index (χ4v) is 4.51. The number of carbonyl (C=O) groups is 3. The van der Waals surface area contributed by atoms with Gasteiger partial charge in [0.1, 0.15) is 11.8 Å². The van der Waals surface area contributed by atoms with Gasteiger partial charge in [0.2, 0.25) is 11.8 Å². The Labute approximate surface area is 185 Å². The van der Waals surface area contributed by atoms with Crippen LogP contribution < -0.4 is 15.4 Å². The molecule has 0 saturated carbocycles. The summed E-state index contributed by atoms with van der Waals surface area (Å²) in [5.41, 5.74) is 2.47. The van der Waals surface area contributed by atoms with Crippen molar-refractivity contribution < 1.29 is 19.1 Å². The van der Waals surface area contributed by atoms with Crippen LogP contribution in [0.1, 0.15) is 29.6 Å². The van der Waals surface area contributed by atoms with Crippen molar-refractivity contribution >= 4 is 40.0 Å². The van der Waals surface area contributed by atoms with Crippen LogP contribution in [0.25, 0.3) is 10.9 Å². The molecule has 8 nitrogen and oxygen atoms in total. The second kappa shape index (κ2) is 8.03. The van der Waals surface area contributed by atoms with E-state index >= 15 is 0 Å². The van der Waals surface area contributed by atoms with E-state index in [2.05, 4.69) is 10.6 Å². The summed E-state index contributed by atoms with van der Waals surface area (Å²) in [5, 5.41) is 6.78. The largest absolute Gasteiger partial charge is 0.497 e. The maximum Gasteiger partial charge on any atom is 0.256 e.